The normalized spacial score (nSPS) is 14.1. The number of pyridine rings is 2. The molecule has 0 saturated carbocycles. The number of nitrogens with one attached hydrogen (secondary N) is 1. The molecule has 5 rings (SSSR count). The molecule has 2 aromatic heterocycles. The number of benzene rings is 2. The number of methoxy groups -OCH3 is 4. The Balaban J connectivity index is 1.44. The van der Waals surface area contributed by atoms with Gasteiger partial charge >= 0.3 is 0 Å². The summed E-state index contributed by atoms with van der Waals surface area (Å²) in [7, 11) is 6.53. The quantitative estimate of drug-likeness (QED) is 0.388. The van der Waals surface area contributed by atoms with Gasteiger partial charge in [-0.05, 0) is 53.6 Å². The third-order valence-electron chi connectivity index (χ3n) is 6.35. The maximum absolute atomic E-state index is 5.48. The highest BCUT2D eigenvalue weighted by molar-refractivity contribution is 5.71. The molecule has 7 heteroatoms. The van der Waals surface area contributed by atoms with E-state index in [1.165, 1.54) is 0 Å². The van der Waals surface area contributed by atoms with E-state index in [-0.39, 0.29) is 5.92 Å². The predicted octanol–water partition coefficient (Wildman–Crippen LogP) is 5.40. The second-order valence-corrected chi connectivity index (χ2v) is 8.21. The van der Waals surface area contributed by atoms with Crippen LogP contribution in [0.15, 0.2) is 67.0 Å². The van der Waals surface area contributed by atoms with Gasteiger partial charge < -0.3 is 24.3 Å². The fraction of sp³-hybridized carbons (Fsp3) is 0.214. The molecule has 178 valence electrons. The molecule has 0 amide bonds. The largest absolute Gasteiger partial charge is 0.493 e. The first kappa shape index (κ1) is 22.5. The van der Waals surface area contributed by atoms with Gasteiger partial charge in [-0.3, -0.25) is 4.98 Å². The van der Waals surface area contributed by atoms with E-state index in [1.54, 1.807) is 28.4 Å². The first-order valence-electron chi connectivity index (χ1n) is 11.3. The van der Waals surface area contributed by atoms with E-state index in [2.05, 4.69) is 22.4 Å². The van der Waals surface area contributed by atoms with Crippen LogP contribution in [-0.4, -0.2) is 45.0 Å². The molecule has 0 bridgehead atoms. The van der Waals surface area contributed by atoms with Crippen LogP contribution in [-0.2, 0) is 0 Å². The fourth-order valence-electron chi connectivity index (χ4n) is 4.45. The van der Waals surface area contributed by atoms with E-state index in [4.69, 9.17) is 23.9 Å². The zero-order valence-corrected chi connectivity index (χ0v) is 20.2. The summed E-state index contributed by atoms with van der Waals surface area (Å²) in [5, 5.41) is 3.43. The molecule has 3 heterocycles. The van der Waals surface area contributed by atoms with Crippen molar-refractivity contribution in [2.45, 2.75) is 5.92 Å². The second-order valence-electron chi connectivity index (χ2n) is 8.21. The molecule has 0 fully saturated rings. The van der Waals surface area contributed by atoms with Gasteiger partial charge in [-0.1, -0.05) is 12.1 Å². The zero-order chi connectivity index (χ0) is 24.4. The molecule has 0 radical (unpaired) electrons. The highest BCUT2D eigenvalue weighted by Gasteiger charge is 2.26. The van der Waals surface area contributed by atoms with Crippen molar-refractivity contribution >= 4 is 5.82 Å². The number of hydrogen-bond donors (Lipinski definition) is 1. The summed E-state index contributed by atoms with van der Waals surface area (Å²) in [4.78, 5) is 9.43. The first-order valence-corrected chi connectivity index (χ1v) is 11.3. The van der Waals surface area contributed by atoms with Crippen molar-refractivity contribution in [1.82, 2.24) is 9.97 Å². The van der Waals surface area contributed by atoms with Gasteiger partial charge in [-0.2, -0.15) is 0 Å². The molecule has 0 spiro atoms. The van der Waals surface area contributed by atoms with Crippen LogP contribution in [0.5, 0.6) is 23.0 Å². The third kappa shape index (κ3) is 4.21. The SMILES string of the molecule is COc1ccc(-c2cnc3c(c2)C(c2ccc(-c4ccc(OC)c(OC)c4)nc2)CN3)cc1OC. The lowest BCUT2D eigenvalue weighted by Crippen LogP contribution is -2.04. The highest BCUT2D eigenvalue weighted by Crippen LogP contribution is 2.39. The number of fused-ring (bicyclic) bond motifs is 1. The Hall–Kier alpha value is -4.26. The molecule has 4 aromatic rings. The lowest BCUT2D eigenvalue weighted by molar-refractivity contribution is 0.355. The van der Waals surface area contributed by atoms with Gasteiger partial charge in [0.2, 0.25) is 0 Å². The summed E-state index contributed by atoms with van der Waals surface area (Å²) in [5.74, 6) is 3.83. The lowest BCUT2D eigenvalue weighted by atomic mass is 9.93. The van der Waals surface area contributed by atoms with Crippen LogP contribution in [0.2, 0.25) is 0 Å². The molecule has 0 saturated heterocycles. The summed E-state index contributed by atoms with van der Waals surface area (Å²) in [6.07, 6.45) is 3.82. The number of nitrogens with zero attached hydrogens (tertiary/aromatic N) is 2. The van der Waals surface area contributed by atoms with Crippen molar-refractivity contribution in [3.05, 3.63) is 78.1 Å². The molecule has 1 aliphatic heterocycles. The smallest absolute Gasteiger partial charge is 0.161 e. The minimum atomic E-state index is 0.157. The average molecular weight is 470 g/mol. The Labute approximate surface area is 204 Å². The van der Waals surface area contributed by atoms with Gasteiger partial charge in [-0.25, -0.2) is 4.98 Å². The van der Waals surface area contributed by atoms with E-state index < -0.39 is 0 Å². The van der Waals surface area contributed by atoms with Gasteiger partial charge in [0.1, 0.15) is 5.82 Å². The Morgan fingerprint density at radius 3 is 1.94 bits per heavy atom. The van der Waals surface area contributed by atoms with E-state index in [9.17, 15) is 0 Å². The summed E-state index contributed by atoms with van der Waals surface area (Å²) in [5.41, 5.74) is 6.16. The average Bonchev–Trinajstić information content (AvgIpc) is 3.35. The fourth-order valence-corrected chi connectivity index (χ4v) is 4.45. The predicted molar refractivity (Wildman–Crippen MR) is 136 cm³/mol. The van der Waals surface area contributed by atoms with Gasteiger partial charge in [0, 0.05) is 41.5 Å². The maximum atomic E-state index is 5.48. The Kier molecular flexibility index (Phi) is 6.14. The van der Waals surface area contributed by atoms with Crippen LogP contribution in [0.4, 0.5) is 5.82 Å². The van der Waals surface area contributed by atoms with Crippen LogP contribution < -0.4 is 24.3 Å². The standard InChI is InChI=1S/C28H27N3O4/c1-32-24-9-6-17(12-26(24)34-3)20-11-21-22(16-31-28(21)30-15-20)19-5-8-23(29-14-19)18-7-10-25(33-2)27(13-18)35-4/h5-15,22H,16H2,1-4H3,(H,30,31). The number of rotatable bonds is 7. The van der Waals surface area contributed by atoms with E-state index in [1.807, 2.05) is 54.9 Å². The number of hydrogen-bond acceptors (Lipinski definition) is 7. The molecule has 7 nitrogen and oxygen atoms in total. The molecule has 35 heavy (non-hydrogen) atoms. The van der Waals surface area contributed by atoms with E-state index >= 15 is 0 Å². The molecule has 1 N–H and O–H groups in total. The van der Waals surface area contributed by atoms with Crippen LogP contribution in [0.1, 0.15) is 17.0 Å². The molecule has 1 unspecified atom stereocenters. The number of anilines is 1. The zero-order valence-electron chi connectivity index (χ0n) is 20.2. The second kappa shape index (κ2) is 9.54. The molecular weight excluding hydrogens is 442 g/mol. The van der Waals surface area contributed by atoms with Crippen LogP contribution in [0.3, 0.4) is 0 Å². The van der Waals surface area contributed by atoms with Crippen molar-refractivity contribution in [1.29, 1.82) is 0 Å². The first-order chi connectivity index (χ1) is 17.1. The molecule has 2 aromatic carbocycles. The van der Waals surface area contributed by atoms with Gasteiger partial charge in [0.25, 0.3) is 0 Å². The maximum Gasteiger partial charge on any atom is 0.161 e. The van der Waals surface area contributed by atoms with Crippen molar-refractivity contribution in [2.24, 2.45) is 0 Å². The minimum absolute atomic E-state index is 0.157. The van der Waals surface area contributed by atoms with E-state index in [0.717, 1.165) is 45.9 Å². The number of ether oxygens (including phenoxy) is 4. The van der Waals surface area contributed by atoms with Gasteiger partial charge in [0.05, 0.1) is 34.1 Å². The van der Waals surface area contributed by atoms with Crippen LogP contribution in [0, 0.1) is 0 Å². The third-order valence-corrected chi connectivity index (χ3v) is 6.35. The summed E-state index contributed by atoms with van der Waals surface area (Å²) < 4.78 is 21.6. The van der Waals surface area contributed by atoms with Crippen LogP contribution in [0.25, 0.3) is 22.4 Å². The van der Waals surface area contributed by atoms with Crippen LogP contribution >= 0.6 is 0 Å². The molecule has 1 aliphatic rings. The minimum Gasteiger partial charge on any atom is -0.493 e. The summed E-state index contributed by atoms with van der Waals surface area (Å²) in [6, 6.07) is 18.1. The Bertz CT molecular complexity index is 1360. The Morgan fingerprint density at radius 1 is 0.657 bits per heavy atom. The number of aromatic nitrogens is 2. The van der Waals surface area contributed by atoms with E-state index in [0.29, 0.717) is 23.0 Å². The van der Waals surface area contributed by atoms with Crippen molar-refractivity contribution in [2.75, 3.05) is 40.3 Å². The van der Waals surface area contributed by atoms with Crippen molar-refractivity contribution < 1.29 is 18.9 Å². The molecule has 0 aliphatic carbocycles. The molecular formula is C28H27N3O4. The Morgan fingerprint density at radius 2 is 1.31 bits per heavy atom. The van der Waals surface area contributed by atoms with Gasteiger partial charge in [0.15, 0.2) is 23.0 Å². The van der Waals surface area contributed by atoms with Crippen molar-refractivity contribution in [3.63, 3.8) is 0 Å². The molecule has 1 atom stereocenters. The summed E-state index contributed by atoms with van der Waals surface area (Å²) in [6.45, 7) is 0.773. The monoisotopic (exact) mass is 469 g/mol. The van der Waals surface area contributed by atoms with Gasteiger partial charge in [-0.15, -0.1) is 0 Å². The highest BCUT2D eigenvalue weighted by atomic mass is 16.5. The topological polar surface area (TPSA) is 74.7 Å². The summed E-state index contributed by atoms with van der Waals surface area (Å²) >= 11 is 0. The lowest BCUT2D eigenvalue weighted by Gasteiger charge is -2.13. The van der Waals surface area contributed by atoms with Crippen molar-refractivity contribution in [3.8, 4) is 45.4 Å².